The molecule has 2 heterocycles. The van der Waals surface area contributed by atoms with Crippen LogP contribution in [0.2, 0.25) is 0 Å². The number of aromatic nitrogens is 2. The van der Waals surface area contributed by atoms with Crippen LogP contribution in [0.3, 0.4) is 0 Å². The number of piperidine rings is 1. The maximum absolute atomic E-state index is 5.16. The molecule has 5 heteroatoms. The Hall–Kier alpha value is -1.10. The third-order valence-electron chi connectivity index (χ3n) is 4.05. The second kappa shape index (κ2) is 7.62. The topological polar surface area (TPSA) is 54.2 Å². The normalized spacial score (nSPS) is 20.5. The average molecular weight is 280 g/mol. The zero-order chi connectivity index (χ0) is 14.4. The van der Waals surface area contributed by atoms with Crippen LogP contribution in [0.25, 0.3) is 0 Å². The van der Waals surface area contributed by atoms with Crippen molar-refractivity contribution in [3.05, 3.63) is 5.82 Å². The maximum atomic E-state index is 5.16. The van der Waals surface area contributed by atoms with Crippen LogP contribution in [0, 0.1) is 0 Å². The molecule has 0 spiro atoms. The lowest BCUT2D eigenvalue weighted by molar-refractivity contribution is 0.158. The van der Waals surface area contributed by atoms with Gasteiger partial charge in [0.1, 0.15) is 0 Å². The number of nitrogens with one attached hydrogen (secondary N) is 1. The van der Waals surface area contributed by atoms with E-state index in [1.807, 2.05) is 0 Å². The maximum Gasteiger partial charge on any atom is 0.321 e. The zero-order valence-corrected chi connectivity index (χ0v) is 13.1. The zero-order valence-electron chi connectivity index (χ0n) is 13.1. The summed E-state index contributed by atoms with van der Waals surface area (Å²) in [6.45, 7) is 9.87. The Labute approximate surface area is 122 Å². The van der Waals surface area contributed by atoms with Crippen LogP contribution in [0.1, 0.15) is 64.6 Å². The van der Waals surface area contributed by atoms with E-state index >= 15 is 0 Å². The van der Waals surface area contributed by atoms with E-state index in [2.05, 4.69) is 41.1 Å². The van der Waals surface area contributed by atoms with E-state index in [0.29, 0.717) is 11.9 Å². The molecule has 5 nitrogen and oxygen atoms in total. The van der Waals surface area contributed by atoms with Crippen LogP contribution in [0.4, 0.5) is 6.01 Å². The molecule has 0 saturated carbocycles. The van der Waals surface area contributed by atoms with Crippen LogP contribution in [0.5, 0.6) is 0 Å². The third kappa shape index (κ3) is 4.47. The first-order valence-electron chi connectivity index (χ1n) is 7.98. The van der Waals surface area contributed by atoms with Gasteiger partial charge in [0.05, 0.1) is 0 Å². The molecule has 0 aromatic carbocycles. The van der Waals surface area contributed by atoms with E-state index in [4.69, 9.17) is 4.52 Å². The number of rotatable bonds is 7. The second-order valence-corrected chi connectivity index (χ2v) is 6.13. The minimum Gasteiger partial charge on any atom is -0.338 e. The smallest absolute Gasteiger partial charge is 0.321 e. The summed E-state index contributed by atoms with van der Waals surface area (Å²) in [5, 5.41) is 7.15. The van der Waals surface area contributed by atoms with E-state index in [-0.39, 0.29) is 0 Å². The van der Waals surface area contributed by atoms with Crippen molar-refractivity contribution in [1.29, 1.82) is 0 Å². The van der Waals surface area contributed by atoms with Gasteiger partial charge in [-0.15, -0.1) is 0 Å². The van der Waals surface area contributed by atoms with Gasteiger partial charge in [-0.1, -0.05) is 25.4 Å². The molecule has 0 aliphatic carbocycles. The van der Waals surface area contributed by atoms with Crippen molar-refractivity contribution in [2.45, 2.75) is 64.8 Å². The molecule has 1 aromatic rings. The molecule has 1 fully saturated rings. The van der Waals surface area contributed by atoms with Gasteiger partial charge in [0, 0.05) is 18.5 Å². The van der Waals surface area contributed by atoms with Gasteiger partial charge in [-0.3, -0.25) is 0 Å². The highest BCUT2D eigenvalue weighted by atomic mass is 16.5. The molecule has 1 aromatic heterocycles. The van der Waals surface area contributed by atoms with Gasteiger partial charge in [0.25, 0.3) is 0 Å². The van der Waals surface area contributed by atoms with Crippen molar-refractivity contribution >= 4 is 6.01 Å². The van der Waals surface area contributed by atoms with Gasteiger partial charge in [-0.2, -0.15) is 4.98 Å². The lowest BCUT2D eigenvalue weighted by Crippen LogP contribution is -2.38. The van der Waals surface area contributed by atoms with Crippen LogP contribution in [-0.2, 0) is 0 Å². The Morgan fingerprint density at radius 2 is 2.20 bits per heavy atom. The molecule has 1 saturated heterocycles. The second-order valence-electron chi connectivity index (χ2n) is 6.13. The molecule has 1 unspecified atom stereocenters. The summed E-state index contributed by atoms with van der Waals surface area (Å²) < 4.78 is 5.16. The molecule has 0 amide bonds. The average Bonchev–Trinajstić information content (AvgIpc) is 2.89. The van der Waals surface area contributed by atoms with E-state index in [0.717, 1.165) is 24.8 Å². The molecule has 2 rings (SSSR count). The molecule has 1 N–H and O–H groups in total. The summed E-state index contributed by atoms with van der Waals surface area (Å²) in [6.07, 6.45) is 6.49. The SMILES string of the molecule is CC(C)c1noc(NCCCCN2CCCCC2C)n1. The first-order valence-corrected chi connectivity index (χ1v) is 7.98. The Kier molecular flexibility index (Phi) is 5.83. The molecule has 20 heavy (non-hydrogen) atoms. The van der Waals surface area contributed by atoms with Crippen LogP contribution in [0.15, 0.2) is 4.52 Å². The minimum atomic E-state index is 0.315. The molecule has 1 aliphatic rings. The van der Waals surface area contributed by atoms with E-state index < -0.39 is 0 Å². The summed E-state index contributed by atoms with van der Waals surface area (Å²) in [5.41, 5.74) is 0. The molecular formula is C15H28N4O. The van der Waals surface area contributed by atoms with Gasteiger partial charge in [-0.25, -0.2) is 0 Å². The summed E-state index contributed by atoms with van der Waals surface area (Å²) >= 11 is 0. The Balaban J connectivity index is 1.59. The van der Waals surface area contributed by atoms with Gasteiger partial charge in [0.15, 0.2) is 5.82 Å². The number of hydrogen-bond donors (Lipinski definition) is 1. The first-order chi connectivity index (χ1) is 9.66. The van der Waals surface area contributed by atoms with Crippen LogP contribution >= 0.6 is 0 Å². The summed E-state index contributed by atoms with van der Waals surface area (Å²) in [7, 11) is 0. The molecule has 0 radical (unpaired) electrons. The standard InChI is InChI=1S/C15H28N4O/c1-12(2)14-17-15(20-18-14)16-9-5-7-11-19-10-6-4-8-13(19)3/h12-13H,4-11H2,1-3H3,(H,16,17,18). The Morgan fingerprint density at radius 3 is 2.90 bits per heavy atom. The largest absolute Gasteiger partial charge is 0.338 e. The highest BCUT2D eigenvalue weighted by Crippen LogP contribution is 2.17. The van der Waals surface area contributed by atoms with Crippen molar-refractivity contribution in [1.82, 2.24) is 15.0 Å². The highest BCUT2D eigenvalue weighted by molar-refractivity contribution is 5.18. The summed E-state index contributed by atoms with van der Waals surface area (Å²) in [4.78, 5) is 6.93. The van der Waals surface area contributed by atoms with Crippen LogP contribution < -0.4 is 5.32 Å². The van der Waals surface area contributed by atoms with Crippen molar-refractivity contribution in [2.75, 3.05) is 25.0 Å². The number of nitrogens with zero attached hydrogens (tertiary/aromatic N) is 3. The van der Waals surface area contributed by atoms with Gasteiger partial charge in [0.2, 0.25) is 0 Å². The van der Waals surface area contributed by atoms with Gasteiger partial charge < -0.3 is 14.7 Å². The van der Waals surface area contributed by atoms with Gasteiger partial charge >= 0.3 is 6.01 Å². The number of hydrogen-bond acceptors (Lipinski definition) is 5. The van der Waals surface area contributed by atoms with Crippen molar-refractivity contribution in [2.24, 2.45) is 0 Å². The Bertz CT molecular complexity index is 391. The monoisotopic (exact) mass is 280 g/mol. The quantitative estimate of drug-likeness (QED) is 0.777. The Morgan fingerprint density at radius 1 is 1.35 bits per heavy atom. The van der Waals surface area contributed by atoms with E-state index in [1.54, 1.807) is 0 Å². The number of anilines is 1. The predicted molar refractivity (Wildman–Crippen MR) is 81.0 cm³/mol. The molecule has 1 aliphatic heterocycles. The van der Waals surface area contributed by atoms with E-state index in [1.165, 1.54) is 38.8 Å². The molecule has 0 bridgehead atoms. The van der Waals surface area contributed by atoms with Crippen molar-refractivity contribution in [3.8, 4) is 0 Å². The van der Waals surface area contributed by atoms with E-state index in [9.17, 15) is 0 Å². The summed E-state index contributed by atoms with van der Waals surface area (Å²) in [6, 6.07) is 1.32. The number of unbranched alkanes of at least 4 members (excludes halogenated alkanes) is 1. The van der Waals surface area contributed by atoms with Crippen LogP contribution in [-0.4, -0.2) is 40.7 Å². The predicted octanol–water partition coefficient (Wildman–Crippen LogP) is 3.26. The first kappa shape index (κ1) is 15.3. The fourth-order valence-electron chi connectivity index (χ4n) is 2.67. The number of likely N-dealkylation sites (tertiary alicyclic amines) is 1. The lowest BCUT2D eigenvalue weighted by Gasteiger charge is -2.33. The van der Waals surface area contributed by atoms with Crippen molar-refractivity contribution in [3.63, 3.8) is 0 Å². The molecule has 114 valence electrons. The third-order valence-corrected chi connectivity index (χ3v) is 4.05. The molecular weight excluding hydrogens is 252 g/mol. The van der Waals surface area contributed by atoms with Gasteiger partial charge in [-0.05, 0) is 45.7 Å². The fraction of sp³-hybridized carbons (Fsp3) is 0.867. The summed E-state index contributed by atoms with van der Waals surface area (Å²) in [5.74, 6) is 1.09. The lowest BCUT2D eigenvalue weighted by atomic mass is 10.0. The van der Waals surface area contributed by atoms with Crippen molar-refractivity contribution < 1.29 is 4.52 Å². The fourth-order valence-corrected chi connectivity index (χ4v) is 2.67. The minimum absolute atomic E-state index is 0.315. The molecule has 1 atom stereocenters. The highest BCUT2D eigenvalue weighted by Gasteiger charge is 2.17.